The van der Waals surface area contributed by atoms with E-state index in [1.807, 2.05) is 0 Å². The Hall–Kier alpha value is -2.12. The van der Waals surface area contributed by atoms with Gasteiger partial charge in [0.1, 0.15) is 0 Å². The SMILES string of the molecule is CC(C)CCCCCC(CC(=O)O)C(=O)O.O=C(O)CCC(=O)O. The van der Waals surface area contributed by atoms with Crippen molar-refractivity contribution in [2.24, 2.45) is 11.8 Å². The van der Waals surface area contributed by atoms with E-state index >= 15 is 0 Å². The Morgan fingerprint density at radius 2 is 1.17 bits per heavy atom. The molecule has 0 aliphatic carbocycles. The molecule has 0 bridgehead atoms. The molecule has 0 saturated carbocycles. The van der Waals surface area contributed by atoms with E-state index in [4.69, 9.17) is 20.4 Å². The monoisotopic (exact) mass is 348 g/mol. The van der Waals surface area contributed by atoms with E-state index < -0.39 is 29.8 Å². The topological polar surface area (TPSA) is 149 Å². The van der Waals surface area contributed by atoms with Gasteiger partial charge in [-0.25, -0.2) is 0 Å². The molecule has 1 atom stereocenters. The second-order valence-electron chi connectivity index (χ2n) is 5.95. The highest BCUT2D eigenvalue weighted by Gasteiger charge is 2.20. The van der Waals surface area contributed by atoms with Crippen LogP contribution in [0.25, 0.3) is 0 Å². The number of carboxylic acids is 4. The zero-order valence-electron chi connectivity index (χ0n) is 14.2. The minimum atomic E-state index is -1.08. The summed E-state index contributed by atoms with van der Waals surface area (Å²) in [6, 6.07) is 0. The van der Waals surface area contributed by atoms with Gasteiger partial charge in [0.25, 0.3) is 0 Å². The molecule has 8 nitrogen and oxygen atoms in total. The summed E-state index contributed by atoms with van der Waals surface area (Å²) in [4.78, 5) is 40.5. The van der Waals surface area contributed by atoms with E-state index in [2.05, 4.69) is 13.8 Å². The van der Waals surface area contributed by atoms with Crippen molar-refractivity contribution in [2.45, 2.75) is 65.2 Å². The summed E-state index contributed by atoms with van der Waals surface area (Å²) in [6.07, 6.45) is 3.65. The minimum Gasteiger partial charge on any atom is -0.481 e. The molecule has 0 radical (unpaired) electrons. The summed E-state index contributed by atoms with van der Waals surface area (Å²) in [6.45, 7) is 4.31. The highest BCUT2D eigenvalue weighted by atomic mass is 16.4. The van der Waals surface area contributed by atoms with Gasteiger partial charge in [-0.1, -0.05) is 39.5 Å². The third-order valence-electron chi connectivity index (χ3n) is 3.16. The van der Waals surface area contributed by atoms with Crippen LogP contribution in [0.4, 0.5) is 0 Å². The van der Waals surface area contributed by atoms with Crippen molar-refractivity contribution < 1.29 is 39.6 Å². The molecule has 0 aliphatic rings. The van der Waals surface area contributed by atoms with Crippen LogP contribution in [-0.2, 0) is 19.2 Å². The van der Waals surface area contributed by atoms with Crippen LogP contribution >= 0.6 is 0 Å². The minimum absolute atomic E-state index is 0.264. The number of carboxylic acid groups (broad SMARTS) is 4. The lowest BCUT2D eigenvalue weighted by atomic mass is 9.96. The molecule has 0 spiro atoms. The number of aliphatic carboxylic acids is 4. The maximum atomic E-state index is 10.7. The van der Waals surface area contributed by atoms with Gasteiger partial charge in [0.15, 0.2) is 0 Å². The van der Waals surface area contributed by atoms with Crippen LogP contribution in [0.3, 0.4) is 0 Å². The van der Waals surface area contributed by atoms with Crippen LogP contribution in [0.15, 0.2) is 0 Å². The molecular weight excluding hydrogens is 320 g/mol. The number of carbonyl (C=O) groups is 4. The fraction of sp³-hybridized carbons (Fsp3) is 0.750. The first-order valence-corrected chi connectivity index (χ1v) is 7.94. The van der Waals surface area contributed by atoms with Crippen molar-refractivity contribution in [3.8, 4) is 0 Å². The van der Waals surface area contributed by atoms with Gasteiger partial charge in [-0.15, -0.1) is 0 Å². The number of hydrogen-bond acceptors (Lipinski definition) is 4. The Morgan fingerprint density at radius 3 is 1.50 bits per heavy atom. The Morgan fingerprint density at radius 1 is 0.708 bits per heavy atom. The lowest BCUT2D eigenvalue weighted by Crippen LogP contribution is -2.17. The van der Waals surface area contributed by atoms with E-state index in [0.717, 1.165) is 25.7 Å². The molecule has 1 unspecified atom stereocenters. The molecule has 24 heavy (non-hydrogen) atoms. The van der Waals surface area contributed by atoms with Crippen molar-refractivity contribution in [3.63, 3.8) is 0 Å². The molecule has 0 fully saturated rings. The highest BCUT2D eigenvalue weighted by molar-refractivity contribution is 5.77. The first kappa shape index (κ1) is 24.1. The Kier molecular flexibility index (Phi) is 14.6. The third-order valence-corrected chi connectivity index (χ3v) is 3.16. The van der Waals surface area contributed by atoms with E-state index in [1.54, 1.807) is 0 Å². The summed E-state index contributed by atoms with van der Waals surface area (Å²) in [5.74, 6) is -4.23. The molecule has 8 heteroatoms. The molecule has 0 rings (SSSR count). The molecule has 0 saturated heterocycles. The second-order valence-corrected chi connectivity index (χ2v) is 5.95. The van der Waals surface area contributed by atoms with Gasteiger partial charge in [0.2, 0.25) is 0 Å². The van der Waals surface area contributed by atoms with E-state index in [9.17, 15) is 19.2 Å². The average molecular weight is 348 g/mol. The predicted octanol–water partition coefficient (Wildman–Crippen LogP) is 2.70. The molecule has 4 N–H and O–H groups in total. The molecule has 0 amide bonds. The van der Waals surface area contributed by atoms with Crippen molar-refractivity contribution in [1.29, 1.82) is 0 Å². The van der Waals surface area contributed by atoms with E-state index in [-0.39, 0.29) is 19.3 Å². The van der Waals surface area contributed by atoms with Gasteiger partial charge < -0.3 is 20.4 Å². The molecular formula is C16H28O8. The van der Waals surface area contributed by atoms with E-state index in [1.165, 1.54) is 0 Å². The normalized spacial score (nSPS) is 11.3. The summed E-state index contributed by atoms with van der Waals surface area (Å²) in [5, 5.41) is 33.1. The largest absolute Gasteiger partial charge is 0.481 e. The number of unbranched alkanes of at least 4 members (excludes halogenated alkanes) is 2. The predicted molar refractivity (Wildman–Crippen MR) is 85.8 cm³/mol. The summed E-state index contributed by atoms with van der Waals surface area (Å²) in [5.41, 5.74) is 0. The van der Waals surface area contributed by atoms with Gasteiger partial charge in [-0.2, -0.15) is 0 Å². The molecule has 0 aromatic rings. The standard InChI is InChI=1S/C12H22O4.C4H6O4/c1-9(2)6-4-3-5-7-10(12(15)16)8-11(13)14;5-3(6)1-2-4(7)8/h9-10H,3-8H2,1-2H3,(H,13,14)(H,15,16);1-2H2,(H,5,6)(H,7,8). The molecule has 0 aromatic carbocycles. The summed E-state index contributed by atoms with van der Waals surface area (Å²) < 4.78 is 0. The van der Waals surface area contributed by atoms with Crippen LogP contribution < -0.4 is 0 Å². The van der Waals surface area contributed by atoms with Crippen LogP contribution in [0, 0.1) is 11.8 Å². The van der Waals surface area contributed by atoms with Crippen molar-refractivity contribution >= 4 is 23.9 Å². The zero-order chi connectivity index (χ0) is 19.1. The van der Waals surface area contributed by atoms with Crippen molar-refractivity contribution in [2.75, 3.05) is 0 Å². The fourth-order valence-electron chi connectivity index (χ4n) is 1.86. The van der Waals surface area contributed by atoms with E-state index in [0.29, 0.717) is 12.3 Å². The van der Waals surface area contributed by atoms with Crippen molar-refractivity contribution in [3.05, 3.63) is 0 Å². The third kappa shape index (κ3) is 19.9. The highest BCUT2D eigenvalue weighted by Crippen LogP contribution is 2.16. The van der Waals surface area contributed by atoms with Gasteiger partial charge in [-0.05, 0) is 12.3 Å². The first-order chi connectivity index (χ1) is 11.1. The quantitative estimate of drug-likeness (QED) is 0.393. The van der Waals surface area contributed by atoms with Crippen LogP contribution in [0.2, 0.25) is 0 Å². The maximum Gasteiger partial charge on any atom is 0.307 e. The van der Waals surface area contributed by atoms with Gasteiger partial charge in [0, 0.05) is 0 Å². The molecule has 0 aliphatic heterocycles. The van der Waals surface area contributed by atoms with Gasteiger partial charge >= 0.3 is 23.9 Å². The Bertz CT molecular complexity index is 389. The maximum absolute atomic E-state index is 10.7. The number of rotatable bonds is 12. The fourth-order valence-corrected chi connectivity index (χ4v) is 1.86. The molecule has 140 valence electrons. The van der Waals surface area contributed by atoms with Crippen LogP contribution in [0.5, 0.6) is 0 Å². The van der Waals surface area contributed by atoms with Gasteiger partial charge in [0.05, 0.1) is 25.2 Å². The summed E-state index contributed by atoms with van der Waals surface area (Å²) >= 11 is 0. The zero-order valence-corrected chi connectivity index (χ0v) is 14.2. The van der Waals surface area contributed by atoms with Gasteiger partial charge in [-0.3, -0.25) is 19.2 Å². The lowest BCUT2D eigenvalue weighted by molar-refractivity contribution is -0.148. The molecule has 0 aromatic heterocycles. The Labute approximate surface area is 141 Å². The second kappa shape index (κ2) is 14.5. The smallest absolute Gasteiger partial charge is 0.307 e. The first-order valence-electron chi connectivity index (χ1n) is 7.94. The lowest BCUT2D eigenvalue weighted by Gasteiger charge is -2.09. The number of hydrogen-bond donors (Lipinski definition) is 4. The van der Waals surface area contributed by atoms with Crippen molar-refractivity contribution in [1.82, 2.24) is 0 Å². The Balaban J connectivity index is 0. The average Bonchev–Trinajstić information content (AvgIpc) is 2.43. The van der Waals surface area contributed by atoms with Crippen LogP contribution in [0.1, 0.15) is 65.2 Å². The summed E-state index contributed by atoms with van der Waals surface area (Å²) in [7, 11) is 0. The molecule has 0 heterocycles. The van der Waals surface area contributed by atoms with Crippen LogP contribution in [-0.4, -0.2) is 44.3 Å².